The number of benzene rings is 1. The fraction of sp³-hybridized carbons (Fsp3) is 0.625. The van der Waals surface area contributed by atoms with Crippen molar-refractivity contribution in [3.05, 3.63) is 35.4 Å². The topological polar surface area (TPSA) is 21.3 Å². The molecule has 120 valence electrons. The number of nitrogens with one attached hydrogen (secondary N) is 1. The van der Waals surface area contributed by atoms with E-state index in [1.807, 2.05) is 38.1 Å². The van der Waals surface area contributed by atoms with Gasteiger partial charge in [0.15, 0.2) is 6.10 Å². The minimum absolute atomic E-state index is 0.254. The van der Waals surface area contributed by atoms with Gasteiger partial charge in [-0.25, -0.2) is 0 Å². The molecule has 2 nitrogen and oxygen atoms in total. The van der Waals surface area contributed by atoms with Gasteiger partial charge in [-0.2, -0.15) is 13.2 Å². The minimum Gasteiger partial charge on any atom is -0.364 e. The first-order valence-electron chi connectivity index (χ1n) is 7.27. The van der Waals surface area contributed by atoms with Crippen LogP contribution in [0.1, 0.15) is 44.4 Å². The maximum Gasteiger partial charge on any atom is 0.414 e. The van der Waals surface area contributed by atoms with E-state index >= 15 is 0 Å². The maximum absolute atomic E-state index is 12.6. The second-order valence-corrected chi connectivity index (χ2v) is 5.37. The van der Waals surface area contributed by atoms with Gasteiger partial charge in [0.2, 0.25) is 0 Å². The molecule has 0 aliphatic heterocycles. The van der Waals surface area contributed by atoms with Crippen LogP contribution < -0.4 is 5.32 Å². The van der Waals surface area contributed by atoms with Crippen molar-refractivity contribution < 1.29 is 17.9 Å². The van der Waals surface area contributed by atoms with E-state index in [9.17, 15) is 13.2 Å². The van der Waals surface area contributed by atoms with Gasteiger partial charge in [0.05, 0.1) is 12.1 Å². The van der Waals surface area contributed by atoms with Crippen LogP contribution in [0.25, 0.3) is 0 Å². The molecule has 1 rings (SSSR count). The summed E-state index contributed by atoms with van der Waals surface area (Å²) in [5.41, 5.74) is 2.06. The lowest BCUT2D eigenvalue weighted by Gasteiger charge is -2.29. The fourth-order valence-corrected chi connectivity index (χ4v) is 2.11. The predicted molar refractivity (Wildman–Crippen MR) is 78.3 cm³/mol. The predicted octanol–water partition coefficient (Wildman–Crippen LogP) is 4.39. The molecular weight excluding hydrogens is 279 g/mol. The highest BCUT2D eigenvalue weighted by Crippen LogP contribution is 2.27. The van der Waals surface area contributed by atoms with E-state index in [4.69, 9.17) is 4.74 Å². The molecule has 3 unspecified atom stereocenters. The summed E-state index contributed by atoms with van der Waals surface area (Å²) >= 11 is 0. The van der Waals surface area contributed by atoms with Gasteiger partial charge >= 0.3 is 6.18 Å². The Balaban J connectivity index is 2.83. The van der Waals surface area contributed by atoms with Crippen molar-refractivity contribution in [2.45, 2.75) is 58.5 Å². The number of ether oxygens (including phenoxy) is 1. The quantitative estimate of drug-likeness (QED) is 0.806. The highest BCUT2D eigenvalue weighted by Gasteiger charge is 2.39. The van der Waals surface area contributed by atoms with Crippen LogP contribution >= 0.6 is 0 Å². The largest absolute Gasteiger partial charge is 0.414 e. The van der Waals surface area contributed by atoms with Crippen molar-refractivity contribution in [1.82, 2.24) is 5.32 Å². The fourth-order valence-electron chi connectivity index (χ4n) is 2.11. The molecule has 0 heterocycles. The molecule has 0 saturated carbocycles. The van der Waals surface area contributed by atoms with Crippen molar-refractivity contribution in [1.29, 1.82) is 0 Å². The monoisotopic (exact) mass is 303 g/mol. The number of alkyl halides is 3. The van der Waals surface area contributed by atoms with Gasteiger partial charge in [0.25, 0.3) is 0 Å². The first kappa shape index (κ1) is 18.0. The molecule has 5 heteroatoms. The van der Waals surface area contributed by atoms with E-state index < -0.39 is 18.4 Å². The van der Waals surface area contributed by atoms with Crippen LogP contribution in [0.5, 0.6) is 0 Å². The van der Waals surface area contributed by atoms with Crippen LogP contribution in [0.3, 0.4) is 0 Å². The normalized spacial score (nSPS) is 16.5. The third kappa shape index (κ3) is 5.67. The zero-order chi connectivity index (χ0) is 16.0. The second-order valence-electron chi connectivity index (χ2n) is 5.37. The van der Waals surface area contributed by atoms with Crippen molar-refractivity contribution in [2.24, 2.45) is 0 Å². The molecule has 0 radical (unpaired) electrons. The van der Waals surface area contributed by atoms with E-state index in [1.165, 1.54) is 0 Å². The number of hydrogen-bond acceptors (Lipinski definition) is 2. The molecule has 0 amide bonds. The van der Waals surface area contributed by atoms with Gasteiger partial charge in [-0.15, -0.1) is 0 Å². The van der Waals surface area contributed by atoms with Crippen LogP contribution in [0.2, 0.25) is 0 Å². The summed E-state index contributed by atoms with van der Waals surface area (Å²) in [6.07, 6.45) is -5.78. The number of hydrogen-bond donors (Lipinski definition) is 1. The Morgan fingerprint density at radius 1 is 1.14 bits per heavy atom. The standard InChI is InChI=1S/C16H24F3NO/c1-5-10-20-15(14-8-6-11(2)7-9-14)12(3)21-13(4)16(17,18)19/h6-9,12-13,15,20H,5,10H2,1-4H3. The first-order chi connectivity index (χ1) is 9.75. The van der Waals surface area contributed by atoms with Gasteiger partial charge in [-0.05, 0) is 39.3 Å². The van der Waals surface area contributed by atoms with Gasteiger partial charge in [-0.1, -0.05) is 36.8 Å². The van der Waals surface area contributed by atoms with E-state index in [2.05, 4.69) is 5.32 Å². The van der Waals surface area contributed by atoms with E-state index in [0.29, 0.717) is 0 Å². The summed E-state index contributed by atoms with van der Waals surface area (Å²) in [7, 11) is 0. The molecule has 1 aromatic rings. The van der Waals surface area contributed by atoms with Gasteiger partial charge in [0, 0.05) is 0 Å². The van der Waals surface area contributed by atoms with Crippen molar-refractivity contribution >= 4 is 0 Å². The summed E-state index contributed by atoms with van der Waals surface area (Å²) < 4.78 is 43.1. The highest BCUT2D eigenvalue weighted by atomic mass is 19.4. The Morgan fingerprint density at radius 3 is 2.19 bits per heavy atom. The Hall–Kier alpha value is -1.07. The van der Waals surface area contributed by atoms with E-state index in [-0.39, 0.29) is 6.04 Å². The van der Waals surface area contributed by atoms with Gasteiger partial charge in [0.1, 0.15) is 0 Å². The molecule has 1 N–H and O–H groups in total. The van der Waals surface area contributed by atoms with Crippen LogP contribution in [0, 0.1) is 6.92 Å². The zero-order valence-corrected chi connectivity index (χ0v) is 13.0. The van der Waals surface area contributed by atoms with E-state index in [1.54, 1.807) is 6.92 Å². The van der Waals surface area contributed by atoms with Gasteiger partial charge < -0.3 is 10.1 Å². The number of aryl methyl sites for hydroxylation is 1. The Bertz CT molecular complexity index is 417. The molecule has 0 spiro atoms. The summed E-state index contributed by atoms with van der Waals surface area (Å²) in [4.78, 5) is 0. The molecule has 21 heavy (non-hydrogen) atoms. The lowest BCUT2D eigenvalue weighted by molar-refractivity contribution is -0.227. The smallest absolute Gasteiger partial charge is 0.364 e. The molecule has 0 aromatic heterocycles. The molecule has 0 aliphatic rings. The van der Waals surface area contributed by atoms with Crippen molar-refractivity contribution in [3.63, 3.8) is 0 Å². The van der Waals surface area contributed by atoms with Gasteiger partial charge in [-0.3, -0.25) is 0 Å². The third-order valence-corrected chi connectivity index (χ3v) is 3.40. The lowest BCUT2D eigenvalue weighted by Crippen LogP contribution is -2.38. The SMILES string of the molecule is CCCNC(c1ccc(C)cc1)C(C)OC(C)C(F)(F)F. The molecule has 1 aromatic carbocycles. The molecular formula is C16H24F3NO. The molecule has 0 saturated heterocycles. The van der Waals surface area contributed by atoms with E-state index in [0.717, 1.165) is 31.0 Å². The summed E-state index contributed by atoms with van der Waals surface area (Å²) in [6, 6.07) is 7.52. The maximum atomic E-state index is 12.6. The second kappa shape index (κ2) is 7.80. The number of halogens is 3. The minimum atomic E-state index is -4.34. The molecule has 0 bridgehead atoms. The first-order valence-corrected chi connectivity index (χ1v) is 7.27. The van der Waals surface area contributed by atoms with Crippen molar-refractivity contribution in [3.8, 4) is 0 Å². The highest BCUT2D eigenvalue weighted by molar-refractivity contribution is 5.24. The van der Waals surface area contributed by atoms with Crippen LogP contribution in [-0.4, -0.2) is 24.9 Å². The van der Waals surface area contributed by atoms with Crippen molar-refractivity contribution in [2.75, 3.05) is 6.54 Å². The Kier molecular flexibility index (Phi) is 6.68. The lowest BCUT2D eigenvalue weighted by atomic mass is 10.0. The van der Waals surface area contributed by atoms with Crippen LogP contribution in [0.4, 0.5) is 13.2 Å². The molecule has 0 aliphatic carbocycles. The Labute approximate surface area is 124 Å². The molecule has 0 fully saturated rings. The molecule has 3 atom stereocenters. The zero-order valence-electron chi connectivity index (χ0n) is 13.0. The summed E-state index contributed by atoms with van der Waals surface area (Å²) in [5, 5.41) is 3.27. The van der Waals surface area contributed by atoms with Crippen LogP contribution in [0.15, 0.2) is 24.3 Å². The Morgan fingerprint density at radius 2 is 1.71 bits per heavy atom. The van der Waals surface area contributed by atoms with Crippen LogP contribution in [-0.2, 0) is 4.74 Å². The summed E-state index contributed by atoms with van der Waals surface area (Å²) in [5.74, 6) is 0. The summed E-state index contributed by atoms with van der Waals surface area (Å²) in [6.45, 7) is 7.44. The average Bonchev–Trinajstić information content (AvgIpc) is 2.40. The third-order valence-electron chi connectivity index (χ3n) is 3.40. The average molecular weight is 303 g/mol. The number of rotatable bonds is 7.